The lowest BCUT2D eigenvalue weighted by atomic mass is 10.0. The average Bonchev–Trinajstić information content (AvgIpc) is 2.67. The van der Waals surface area contributed by atoms with Crippen molar-refractivity contribution in [1.29, 1.82) is 0 Å². The van der Waals surface area contributed by atoms with Crippen molar-refractivity contribution < 1.29 is 24.2 Å². The number of ether oxygens (including phenoxy) is 2. The summed E-state index contributed by atoms with van der Waals surface area (Å²) in [6.07, 6.45) is 1.36. The average molecular weight is 366 g/mol. The number of carbonyl (C=O) groups is 2. The van der Waals surface area contributed by atoms with Crippen molar-refractivity contribution in [2.45, 2.75) is 6.92 Å². The van der Waals surface area contributed by atoms with Crippen LogP contribution in [-0.4, -0.2) is 35.7 Å². The summed E-state index contributed by atoms with van der Waals surface area (Å²) in [5.41, 5.74) is 1.88. The van der Waals surface area contributed by atoms with Crippen LogP contribution in [0.15, 0.2) is 48.7 Å². The van der Waals surface area contributed by atoms with Gasteiger partial charge in [0.25, 0.3) is 0 Å². The molecule has 0 bridgehead atoms. The van der Waals surface area contributed by atoms with Crippen LogP contribution in [0.2, 0.25) is 0 Å². The summed E-state index contributed by atoms with van der Waals surface area (Å²) in [5.74, 6) is -0.996. The summed E-state index contributed by atoms with van der Waals surface area (Å²) >= 11 is 0. The number of phenols is 1. The van der Waals surface area contributed by atoms with Gasteiger partial charge in [0.1, 0.15) is 11.3 Å². The number of methoxy groups -OCH3 is 1. The second kappa shape index (κ2) is 7.74. The lowest BCUT2D eigenvalue weighted by Gasteiger charge is -2.15. The number of esters is 2. The van der Waals surface area contributed by atoms with Crippen molar-refractivity contribution in [3.8, 4) is 5.75 Å². The van der Waals surface area contributed by atoms with Gasteiger partial charge in [0, 0.05) is 23.3 Å². The van der Waals surface area contributed by atoms with Gasteiger partial charge in [0.2, 0.25) is 0 Å². The first-order valence-electron chi connectivity index (χ1n) is 8.28. The monoisotopic (exact) mass is 366 g/mol. The number of pyridine rings is 1. The van der Waals surface area contributed by atoms with Gasteiger partial charge in [-0.15, -0.1) is 0 Å². The minimum atomic E-state index is -0.543. The molecule has 3 aromatic rings. The highest BCUT2D eigenvalue weighted by molar-refractivity contribution is 6.11. The Morgan fingerprint density at radius 1 is 1.11 bits per heavy atom. The van der Waals surface area contributed by atoms with Crippen LogP contribution in [0.4, 0.5) is 11.4 Å². The van der Waals surface area contributed by atoms with E-state index in [1.54, 1.807) is 37.3 Å². The predicted molar refractivity (Wildman–Crippen MR) is 100 cm³/mol. The molecule has 0 saturated carbocycles. The first kappa shape index (κ1) is 18.2. The molecule has 0 atom stereocenters. The number of benzene rings is 2. The Kier molecular flexibility index (Phi) is 5.21. The number of rotatable bonds is 5. The summed E-state index contributed by atoms with van der Waals surface area (Å²) in [4.78, 5) is 28.7. The van der Waals surface area contributed by atoms with E-state index in [0.717, 1.165) is 0 Å². The zero-order valence-corrected chi connectivity index (χ0v) is 14.9. The number of hydrogen-bond acceptors (Lipinski definition) is 7. The molecule has 138 valence electrons. The predicted octanol–water partition coefficient (Wildman–Crippen LogP) is 3.65. The summed E-state index contributed by atoms with van der Waals surface area (Å²) in [7, 11) is 1.29. The normalized spacial score (nSPS) is 10.4. The molecule has 27 heavy (non-hydrogen) atoms. The molecule has 0 unspecified atom stereocenters. The maximum atomic E-state index is 12.4. The summed E-state index contributed by atoms with van der Waals surface area (Å²) in [5, 5.41) is 13.4. The number of anilines is 2. The Bertz CT molecular complexity index is 1020. The third-order valence-corrected chi connectivity index (χ3v) is 3.91. The molecule has 7 heteroatoms. The lowest BCUT2D eigenvalue weighted by molar-refractivity contribution is 0.0526. The van der Waals surface area contributed by atoms with Gasteiger partial charge < -0.3 is 19.9 Å². The number of fused-ring (bicyclic) bond motifs is 1. The molecular weight excluding hydrogens is 348 g/mol. The molecule has 0 fully saturated rings. The third kappa shape index (κ3) is 3.67. The number of carbonyl (C=O) groups excluding carboxylic acids is 2. The van der Waals surface area contributed by atoms with Crippen molar-refractivity contribution >= 4 is 34.2 Å². The zero-order chi connectivity index (χ0) is 19.4. The molecule has 0 spiro atoms. The van der Waals surface area contributed by atoms with Crippen LogP contribution in [0, 0.1) is 0 Å². The van der Waals surface area contributed by atoms with E-state index in [-0.39, 0.29) is 23.5 Å². The number of aromatic hydroxyl groups is 1. The number of hydrogen-bond donors (Lipinski definition) is 2. The third-order valence-electron chi connectivity index (χ3n) is 3.91. The second-order valence-corrected chi connectivity index (χ2v) is 5.64. The minimum Gasteiger partial charge on any atom is -0.508 e. The fourth-order valence-electron chi connectivity index (χ4n) is 2.72. The smallest absolute Gasteiger partial charge is 0.341 e. The zero-order valence-electron chi connectivity index (χ0n) is 14.9. The van der Waals surface area contributed by atoms with Gasteiger partial charge in [-0.3, -0.25) is 4.98 Å². The molecule has 7 nitrogen and oxygen atoms in total. The lowest BCUT2D eigenvalue weighted by Crippen LogP contribution is -2.10. The summed E-state index contributed by atoms with van der Waals surface area (Å²) < 4.78 is 9.93. The highest BCUT2D eigenvalue weighted by atomic mass is 16.5. The molecule has 0 saturated heterocycles. The highest BCUT2D eigenvalue weighted by Crippen LogP contribution is 2.32. The van der Waals surface area contributed by atoms with Gasteiger partial charge in [-0.25, -0.2) is 9.59 Å². The molecule has 1 heterocycles. The summed E-state index contributed by atoms with van der Waals surface area (Å²) in [6, 6.07) is 11.5. The van der Waals surface area contributed by atoms with Crippen LogP contribution in [0.3, 0.4) is 0 Å². The first-order valence-corrected chi connectivity index (χ1v) is 8.28. The molecule has 0 aliphatic heterocycles. The standard InChI is InChI=1S/C20H18N2O5/c1-3-27-20(25)16-11-21-17-14(8-5-9-15(17)19(24)26-2)18(16)22-12-6-4-7-13(23)10-12/h4-11,23H,3H2,1-2H3,(H,21,22). The number of para-hydroxylation sites is 1. The van der Waals surface area contributed by atoms with E-state index in [2.05, 4.69) is 10.3 Å². The Labute approximate surface area is 155 Å². The first-order chi connectivity index (χ1) is 13.0. The Morgan fingerprint density at radius 2 is 1.89 bits per heavy atom. The van der Waals surface area contributed by atoms with Crippen LogP contribution >= 0.6 is 0 Å². The van der Waals surface area contributed by atoms with Crippen molar-refractivity contribution in [3.63, 3.8) is 0 Å². The Hall–Kier alpha value is -3.61. The molecule has 0 aliphatic rings. The van der Waals surface area contributed by atoms with E-state index in [4.69, 9.17) is 9.47 Å². The fraction of sp³-hybridized carbons (Fsp3) is 0.150. The fourth-order valence-corrected chi connectivity index (χ4v) is 2.72. The van der Waals surface area contributed by atoms with Crippen LogP contribution in [0.1, 0.15) is 27.6 Å². The van der Waals surface area contributed by atoms with Crippen molar-refractivity contribution in [3.05, 3.63) is 59.8 Å². The van der Waals surface area contributed by atoms with E-state index in [1.165, 1.54) is 25.4 Å². The SMILES string of the molecule is CCOC(=O)c1cnc2c(C(=O)OC)cccc2c1Nc1cccc(O)c1. The Balaban J connectivity index is 2.22. The molecule has 2 aromatic carbocycles. The molecular formula is C20H18N2O5. The van der Waals surface area contributed by atoms with Crippen molar-refractivity contribution in [2.75, 3.05) is 19.0 Å². The second-order valence-electron chi connectivity index (χ2n) is 5.64. The molecule has 2 N–H and O–H groups in total. The maximum Gasteiger partial charge on any atom is 0.341 e. The topological polar surface area (TPSA) is 97.8 Å². The van der Waals surface area contributed by atoms with Gasteiger partial charge >= 0.3 is 11.9 Å². The van der Waals surface area contributed by atoms with Crippen LogP contribution in [0.25, 0.3) is 10.9 Å². The molecule has 3 rings (SSSR count). The van der Waals surface area contributed by atoms with E-state index in [9.17, 15) is 14.7 Å². The Morgan fingerprint density at radius 3 is 2.59 bits per heavy atom. The largest absolute Gasteiger partial charge is 0.508 e. The van der Waals surface area contributed by atoms with Gasteiger partial charge in [-0.1, -0.05) is 18.2 Å². The minimum absolute atomic E-state index is 0.0753. The van der Waals surface area contributed by atoms with Crippen molar-refractivity contribution in [1.82, 2.24) is 4.98 Å². The van der Waals surface area contributed by atoms with E-state index < -0.39 is 11.9 Å². The van der Waals surface area contributed by atoms with E-state index in [0.29, 0.717) is 22.3 Å². The van der Waals surface area contributed by atoms with Gasteiger partial charge in [0.15, 0.2) is 0 Å². The molecule has 0 radical (unpaired) electrons. The van der Waals surface area contributed by atoms with E-state index >= 15 is 0 Å². The number of nitrogens with one attached hydrogen (secondary N) is 1. The molecule has 0 aliphatic carbocycles. The molecule has 0 amide bonds. The van der Waals surface area contributed by atoms with Crippen molar-refractivity contribution in [2.24, 2.45) is 0 Å². The van der Waals surface area contributed by atoms with Crippen LogP contribution in [0.5, 0.6) is 5.75 Å². The van der Waals surface area contributed by atoms with Gasteiger partial charge in [-0.2, -0.15) is 0 Å². The number of aromatic nitrogens is 1. The van der Waals surface area contributed by atoms with Gasteiger partial charge in [0.05, 0.1) is 30.5 Å². The maximum absolute atomic E-state index is 12.4. The van der Waals surface area contributed by atoms with E-state index in [1.807, 2.05) is 0 Å². The molecule has 1 aromatic heterocycles. The number of nitrogens with zero attached hydrogens (tertiary/aromatic N) is 1. The highest BCUT2D eigenvalue weighted by Gasteiger charge is 2.20. The van der Waals surface area contributed by atoms with Crippen LogP contribution in [-0.2, 0) is 9.47 Å². The van der Waals surface area contributed by atoms with Gasteiger partial charge in [-0.05, 0) is 25.1 Å². The summed E-state index contributed by atoms with van der Waals surface area (Å²) in [6.45, 7) is 1.93. The van der Waals surface area contributed by atoms with Crippen LogP contribution < -0.4 is 5.32 Å². The quantitative estimate of drug-likeness (QED) is 0.665. The number of phenolic OH excluding ortho intramolecular Hbond substituents is 1.